The van der Waals surface area contributed by atoms with Gasteiger partial charge in [0.25, 0.3) is 5.89 Å². The van der Waals surface area contributed by atoms with Crippen LogP contribution in [0.1, 0.15) is 66.8 Å². The number of hydrogen-bond donors (Lipinski definition) is 3. The average molecular weight is 450 g/mol. The molecule has 174 valence electrons. The van der Waals surface area contributed by atoms with Crippen LogP contribution in [-0.2, 0) is 6.42 Å². The van der Waals surface area contributed by atoms with Gasteiger partial charge in [0, 0.05) is 30.6 Å². The van der Waals surface area contributed by atoms with Crippen molar-refractivity contribution in [3.05, 3.63) is 29.4 Å². The van der Waals surface area contributed by atoms with Gasteiger partial charge in [0.05, 0.1) is 22.5 Å². The highest BCUT2D eigenvalue weighted by molar-refractivity contribution is 5.93. The van der Waals surface area contributed by atoms with E-state index in [0.29, 0.717) is 36.1 Å². The predicted molar refractivity (Wildman–Crippen MR) is 124 cm³/mol. The Bertz CT molecular complexity index is 1090. The lowest BCUT2D eigenvalue weighted by molar-refractivity contribution is -0.129. The smallest absolute Gasteiger partial charge is 0.262 e. The molecule has 4 saturated carbocycles. The molecular formula is C25H31N5O3. The second kappa shape index (κ2) is 8.02. The molecule has 5 aliphatic carbocycles. The quantitative estimate of drug-likeness (QED) is 0.416. The third kappa shape index (κ3) is 3.69. The molecule has 4 bridgehead atoms. The summed E-state index contributed by atoms with van der Waals surface area (Å²) in [5.74, 6) is 1.93. The molecule has 33 heavy (non-hydrogen) atoms. The number of carbonyl (C=O) groups excluding carboxylic acids is 1. The Hall–Kier alpha value is -2.58. The molecule has 3 N–H and O–H groups in total. The number of Topliss-reactive ketones (excluding diaryl/α,β-unsaturated/α-hetero) is 1. The number of aromatic nitrogens is 3. The fraction of sp³-hybridized carbons (Fsp3) is 0.600. The van der Waals surface area contributed by atoms with Gasteiger partial charge in [-0.25, -0.2) is 0 Å². The molecule has 0 saturated heterocycles. The summed E-state index contributed by atoms with van der Waals surface area (Å²) in [6, 6.07) is 0.312. The maximum atomic E-state index is 12.5. The van der Waals surface area contributed by atoms with Gasteiger partial charge in [-0.2, -0.15) is 4.98 Å². The highest BCUT2D eigenvalue weighted by atomic mass is 16.5. The van der Waals surface area contributed by atoms with E-state index in [-0.39, 0.29) is 11.6 Å². The molecule has 2 aromatic rings. The summed E-state index contributed by atoms with van der Waals surface area (Å²) < 4.78 is 5.56. The molecule has 0 spiro atoms. The minimum absolute atomic E-state index is 0.113. The normalized spacial score (nSPS) is 31.2. The summed E-state index contributed by atoms with van der Waals surface area (Å²) in [7, 11) is 1.87. The molecule has 8 heteroatoms. The first-order valence-corrected chi connectivity index (χ1v) is 12.2. The van der Waals surface area contributed by atoms with Gasteiger partial charge in [0.1, 0.15) is 0 Å². The van der Waals surface area contributed by atoms with E-state index in [4.69, 9.17) is 4.52 Å². The van der Waals surface area contributed by atoms with Crippen molar-refractivity contribution in [3.8, 4) is 11.5 Å². The lowest BCUT2D eigenvalue weighted by Crippen LogP contribution is -2.59. The predicted octanol–water partition coefficient (Wildman–Crippen LogP) is 3.23. The lowest BCUT2D eigenvalue weighted by Gasteiger charge is -2.58. The Morgan fingerprint density at radius 3 is 2.85 bits per heavy atom. The molecule has 2 aromatic heterocycles. The van der Waals surface area contributed by atoms with E-state index in [1.165, 1.54) is 12.8 Å². The zero-order chi connectivity index (χ0) is 22.6. The first-order valence-electron chi connectivity index (χ1n) is 12.2. The zero-order valence-electron chi connectivity index (χ0n) is 19.0. The first-order chi connectivity index (χ1) is 16.0. The summed E-state index contributed by atoms with van der Waals surface area (Å²) in [6.45, 7) is 0.769. The first kappa shape index (κ1) is 21.0. The topological polar surface area (TPSA) is 113 Å². The Kier molecular flexibility index (Phi) is 5.10. The van der Waals surface area contributed by atoms with Gasteiger partial charge >= 0.3 is 0 Å². The molecule has 4 fully saturated rings. The number of ketones is 1. The highest BCUT2D eigenvalue weighted by Gasteiger charge is 2.54. The van der Waals surface area contributed by atoms with Crippen LogP contribution < -0.4 is 10.6 Å². The summed E-state index contributed by atoms with van der Waals surface area (Å²) in [6.07, 6.45) is 13.0. The standard InChI is InChI=1S/C25H31N5O3/c1-26-7-3-6-20(31)23-29-24(33-30-23)18-13-27-19-5-2-4-17(19)22(18)28-21-15-8-14-9-16(21)12-25(32,10-14)11-15/h2,4,13-16,21,26,32H,3,5-12H2,1H3,(H,27,28)/t14?,15-,16+,21?,25?. The van der Waals surface area contributed by atoms with Crippen molar-refractivity contribution >= 4 is 17.5 Å². The van der Waals surface area contributed by atoms with Crippen LogP contribution in [-0.4, -0.2) is 51.2 Å². The summed E-state index contributed by atoms with van der Waals surface area (Å²) in [4.78, 5) is 21.6. The molecule has 5 atom stereocenters. The molecule has 5 aliphatic rings. The Morgan fingerprint density at radius 1 is 1.27 bits per heavy atom. The fourth-order valence-electron chi connectivity index (χ4n) is 6.88. The van der Waals surface area contributed by atoms with Gasteiger partial charge in [-0.3, -0.25) is 9.78 Å². The van der Waals surface area contributed by atoms with Gasteiger partial charge in [-0.1, -0.05) is 17.3 Å². The largest absolute Gasteiger partial charge is 0.390 e. The Morgan fingerprint density at radius 2 is 2.09 bits per heavy atom. The molecule has 8 nitrogen and oxygen atoms in total. The van der Waals surface area contributed by atoms with Crippen molar-refractivity contribution in [2.75, 3.05) is 18.9 Å². The van der Waals surface area contributed by atoms with Crippen molar-refractivity contribution in [2.45, 2.75) is 63.0 Å². The van der Waals surface area contributed by atoms with Crippen LogP contribution in [0.15, 0.2) is 16.8 Å². The maximum absolute atomic E-state index is 12.5. The van der Waals surface area contributed by atoms with Crippen LogP contribution in [0.25, 0.3) is 17.5 Å². The molecule has 0 radical (unpaired) electrons. The number of allylic oxidation sites excluding steroid dienone is 1. The Balaban J connectivity index is 1.31. The number of hydrogen-bond acceptors (Lipinski definition) is 8. The third-order valence-corrected chi connectivity index (χ3v) is 8.08. The molecule has 2 heterocycles. The van der Waals surface area contributed by atoms with Gasteiger partial charge in [0.2, 0.25) is 11.6 Å². The number of pyridine rings is 1. The summed E-state index contributed by atoms with van der Waals surface area (Å²) in [5.41, 5.74) is 3.35. The zero-order valence-corrected chi connectivity index (χ0v) is 19.0. The average Bonchev–Trinajstić information content (AvgIpc) is 3.45. The highest BCUT2D eigenvalue weighted by Crippen LogP contribution is 2.56. The fourth-order valence-corrected chi connectivity index (χ4v) is 6.88. The molecular weight excluding hydrogens is 418 g/mol. The number of aliphatic hydroxyl groups is 1. The monoisotopic (exact) mass is 449 g/mol. The molecule has 7 rings (SSSR count). The van der Waals surface area contributed by atoms with Crippen LogP contribution in [0, 0.1) is 17.8 Å². The minimum Gasteiger partial charge on any atom is -0.390 e. The number of anilines is 1. The maximum Gasteiger partial charge on any atom is 0.262 e. The van der Waals surface area contributed by atoms with E-state index in [2.05, 4.69) is 37.9 Å². The van der Waals surface area contributed by atoms with E-state index in [1.54, 1.807) is 6.20 Å². The summed E-state index contributed by atoms with van der Waals surface area (Å²) >= 11 is 0. The van der Waals surface area contributed by atoms with Crippen molar-refractivity contribution in [3.63, 3.8) is 0 Å². The molecule has 0 aromatic carbocycles. The molecule has 0 amide bonds. The van der Waals surface area contributed by atoms with Crippen molar-refractivity contribution in [1.29, 1.82) is 0 Å². The van der Waals surface area contributed by atoms with Crippen LogP contribution in [0.3, 0.4) is 0 Å². The minimum atomic E-state index is -0.466. The number of rotatable bonds is 8. The van der Waals surface area contributed by atoms with Crippen molar-refractivity contribution in [1.82, 2.24) is 20.4 Å². The SMILES string of the molecule is CNCCCC(=O)c1noc(-c2cnc3c(c2NC2[C@@H]4CC5C[C@H]2CC(O)(C5)C4)C=CC3)n1. The van der Waals surface area contributed by atoms with Crippen LogP contribution >= 0.6 is 0 Å². The Labute approximate surface area is 193 Å². The van der Waals surface area contributed by atoms with Crippen LogP contribution in [0.4, 0.5) is 5.69 Å². The number of carbonyl (C=O) groups is 1. The number of nitrogens with one attached hydrogen (secondary N) is 2. The molecule has 0 aliphatic heterocycles. The van der Waals surface area contributed by atoms with E-state index < -0.39 is 5.60 Å². The lowest BCUT2D eigenvalue weighted by atomic mass is 9.52. The van der Waals surface area contributed by atoms with E-state index in [9.17, 15) is 9.90 Å². The van der Waals surface area contributed by atoms with Crippen molar-refractivity contribution < 1.29 is 14.4 Å². The molecule has 3 unspecified atom stereocenters. The third-order valence-electron chi connectivity index (χ3n) is 8.08. The number of fused-ring (bicyclic) bond motifs is 1. The second-order valence-corrected chi connectivity index (χ2v) is 10.4. The van der Waals surface area contributed by atoms with Crippen LogP contribution in [0.5, 0.6) is 0 Å². The van der Waals surface area contributed by atoms with E-state index >= 15 is 0 Å². The van der Waals surface area contributed by atoms with Crippen LogP contribution in [0.2, 0.25) is 0 Å². The summed E-state index contributed by atoms with van der Waals surface area (Å²) in [5, 5.41) is 21.9. The number of nitrogens with zero attached hydrogens (tertiary/aromatic N) is 3. The van der Waals surface area contributed by atoms with Gasteiger partial charge < -0.3 is 20.3 Å². The van der Waals surface area contributed by atoms with E-state index in [0.717, 1.165) is 61.2 Å². The van der Waals surface area contributed by atoms with Gasteiger partial charge in [-0.05, 0) is 69.9 Å². The van der Waals surface area contributed by atoms with Gasteiger partial charge in [-0.15, -0.1) is 0 Å². The van der Waals surface area contributed by atoms with E-state index in [1.807, 2.05) is 7.05 Å². The second-order valence-electron chi connectivity index (χ2n) is 10.4. The van der Waals surface area contributed by atoms with Gasteiger partial charge in [0.15, 0.2) is 0 Å². The van der Waals surface area contributed by atoms with Crippen molar-refractivity contribution in [2.24, 2.45) is 17.8 Å².